The molecule has 2 nitrogen and oxygen atoms in total. The molecule has 4 heteroatoms. The summed E-state index contributed by atoms with van der Waals surface area (Å²) in [5.41, 5.74) is 2.39. The number of thiazole rings is 1. The van der Waals surface area contributed by atoms with Crippen LogP contribution in [-0.4, -0.2) is 4.98 Å². The first-order valence-electron chi connectivity index (χ1n) is 7.02. The Morgan fingerprint density at radius 1 is 1.14 bits per heavy atom. The van der Waals surface area contributed by atoms with Gasteiger partial charge in [0.15, 0.2) is 0 Å². The van der Waals surface area contributed by atoms with Gasteiger partial charge < -0.3 is 5.32 Å². The summed E-state index contributed by atoms with van der Waals surface area (Å²) in [7, 11) is 0. The van der Waals surface area contributed by atoms with E-state index in [0.29, 0.717) is 6.04 Å². The highest BCUT2D eigenvalue weighted by Crippen LogP contribution is 2.28. The normalized spacial score (nSPS) is 12.5. The van der Waals surface area contributed by atoms with Gasteiger partial charge >= 0.3 is 0 Å². The van der Waals surface area contributed by atoms with Crippen LogP contribution in [0.25, 0.3) is 10.4 Å². The minimum absolute atomic E-state index is 0.297. The average molecular weight is 314 g/mol. The Morgan fingerprint density at radius 3 is 2.67 bits per heavy atom. The molecule has 0 aliphatic carbocycles. The number of nitrogens with zero attached hydrogens (tertiary/aromatic N) is 1. The summed E-state index contributed by atoms with van der Waals surface area (Å²) >= 11 is 3.57. The maximum atomic E-state index is 4.54. The summed E-state index contributed by atoms with van der Waals surface area (Å²) in [5, 5.41) is 6.81. The molecule has 2 aromatic heterocycles. The van der Waals surface area contributed by atoms with Crippen LogP contribution in [0.2, 0.25) is 0 Å². The zero-order valence-electron chi connectivity index (χ0n) is 12.2. The van der Waals surface area contributed by atoms with E-state index < -0.39 is 0 Å². The number of benzene rings is 1. The van der Waals surface area contributed by atoms with Crippen molar-refractivity contribution in [3.05, 3.63) is 63.4 Å². The van der Waals surface area contributed by atoms with Crippen LogP contribution >= 0.6 is 22.7 Å². The molecule has 1 atom stereocenters. The average Bonchev–Trinajstić information content (AvgIpc) is 3.15. The molecule has 0 aliphatic heterocycles. The molecule has 0 amide bonds. The van der Waals surface area contributed by atoms with Crippen LogP contribution in [0.5, 0.6) is 0 Å². The van der Waals surface area contributed by atoms with Gasteiger partial charge in [0.1, 0.15) is 5.01 Å². The van der Waals surface area contributed by atoms with Gasteiger partial charge in [-0.25, -0.2) is 4.98 Å². The molecule has 1 N–H and O–H groups in total. The van der Waals surface area contributed by atoms with Gasteiger partial charge in [0.05, 0.1) is 6.04 Å². The highest BCUT2D eigenvalue weighted by molar-refractivity contribution is 7.15. The third-order valence-electron chi connectivity index (χ3n) is 3.31. The molecule has 3 aromatic rings. The van der Waals surface area contributed by atoms with Crippen molar-refractivity contribution < 1.29 is 0 Å². The third kappa shape index (κ3) is 3.59. The van der Waals surface area contributed by atoms with Crippen LogP contribution in [0.1, 0.15) is 28.5 Å². The van der Waals surface area contributed by atoms with Gasteiger partial charge in [-0.3, -0.25) is 0 Å². The van der Waals surface area contributed by atoms with Crippen LogP contribution in [0, 0.1) is 6.92 Å². The van der Waals surface area contributed by atoms with E-state index in [-0.39, 0.29) is 0 Å². The molecule has 108 valence electrons. The van der Waals surface area contributed by atoms with Crippen LogP contribution < -0.4 is 5.32 Å². The number of hydrogen-bond acceptors (Lipinski definition) is 4. The fourth-order valence-corrected chi connectivity index (χ4v) is 3.93. The zero-order chi connectivity index (χ0) is 14.7. The minimum Gasteiger partial charge on any atom is -0.303 e. The van der Waals surface area contributed by atoms with E-state index in [0.717, 1.165) is 17.2 Å². The van der Waals surface area contributed by atoms with Crippen molar-refractivity contribution in [2.45, 2.75) is 26.4 Å². The fraction of sp³-hybridized carbons (Fsp3) is 0.235. The maximum absolute atomic E-state index is 4.54. The van der Waals surface area contributed by atoms with Crippen LogP contribution in [0.15, 0.2) is 47.8 Å². The van der Waals surface area contributed by atoms with Gasteiger partial charge in [-0.15, -0.1) is 22.7 Å². The molecule has 0 bridgehead atoms. The molecular formula is C17H18N2S2. The predicted octanol–water partition coefficient (Wildman–Crippen LogP) is 5.03. The molecule has 1 unspecified atom stereocenters. The number of hydrogen-bond donors (Lipinski definition) is 1. The second-order valence-corrected chi connectivity index (χ2v) is 7.12. The minimum atomic E-state index is 0.297. The van der Waals surface area contributed by atoms with Gasteiger partial charge in [-0.1, -0.05) is 30.3 Å². The van der Waals surface area contributed by atoms with Crippen LogP contribution in [0.3, 0.4) is 0 Å². The van der Waals surface area contributed by atoms with Crippen molar-refractivity contribution in [3.8, 4) is 10.4 Å². The monoisotopic (exact) mass is 314 g/mol. The van der Waals surface area contributed by atoms with Gasteiger partial charge in [-0.05, 0) is 31.5 Å². The Morgan fingerprint density at radius 2 is 1.95 bits per heavy atom. The summed E-state index contributed by atoms with van der Waals surface area (Å²) in [6, 6.07) is 15.2. The SMILES string of the molecule is Cc1csc(C(C)NCc2ccc(-c3ccccc3)s2)n1. The van der Waals surface area contributed by atoms with E-state index >= 15 is 0 Å². The van der Waals surface area contributed by atoms with E-state index in [1.165, 1.54) is 15.3 Å². The van der Waals surface area contributed by atoms with Crippen molar-refractivity contribution in [2.75, 3.05) is 0 Å². The molecule has 1 aromatic carbocycles. The summed E-state index contributed by atoms with van der Waals surface area (Å²) in [4.78, 5) is 7.21. The van der Waals surface area contributed by atoms with E-state index in [1.54, 1.807) is 11.3 Å². The zero-order valence-corrected chi connectivity index (χ0v) is 13.8. The summed E-state index contributed by atoms with van der Waals surface area (Å²) in [6.45, 7) is 5.10. The first-order valence-corrected chi connectivity index (χ1v) is 8.71. The maximum Gasteiger partial charge on any atom is 0.110 e. The number of aryl methyl sites for hydroxylation is 1. The van der Waals surface area contributed by atoms with E-state index in [4.69, 9.17) is 0 Å². The highest BCUT2D eigenvalue weighted by Gasteiger charge is 2.09. The molecule has 3 rings (SSSR count). The standard InChI is InChI=1S/C17H18N2S2/c1-12-11-20-17(19-12)13(2)18-10-15-8-9-16(21-15)14-6-4-3-5-7-14/h3-9,11,13,18H,10H2,1-2H3. The second kappa shape index (κ2) is 6.52. The molecule has 21 heavy (non-hydrogen) atoms. The Balaban J connectivity index is 1.63. The lowest BCUT2D eigenvalue weighted by molar-refractivity contribution is 0.575. The molecule has 0 aliphatic rings. The quantitative estimate of drug-likeness (QED) is 0.714. The smallest absolute Gasteiger partial charge is 0.110 e. The Kier molecular flexibility index (Phi) is 4.48. The predicted molar refractivity (Wildman–Crippen MR) is 91.9 cm³/mol. The first-order chi connectivity index (χ1) is 10.2. The Labute approximate surface area is 133 Å². The second-order valence-electron chi connectivity index (χ2n) is 5.06. The molecule has 0 fully saturated rings. The molecule has 0 radical (unpaired) electrons. The van der Waals surface area contributed by atoms with E-state index in [1.807, 2.05) is 18.3 Å². The van der Waals surface area contributed by atoms with Crippen molar-refractivity contribution in [3.63, 3.8) is 0 Å². The molecule has 0 spiro atoms. The molecule has 0 saturated carbocycles. The Hall–Kier alpha value is -1.49. The van der Waals surface area contributed by atoms with E-state index in [2.05, 4.69) is 65.1 Å². The lowest BCUT2D eigenvalue weighted by Crippen LogP contribution is -2.17. The molecule has 2 heterocycles. The molecular weight excluding hydrogens is 296 g/mol. The van der Waals surface area contributed by atoms with Crippen LogP contribution in [0.4, 0.5) is 0 Å². The lowest BCUT2D eigenvalue weighted by Gasteiger charge is -2.09. The van der Waals surface area contributed by atoms with Gasteiger partial charge in [-0.2, -0.15) is 0 Å². The number of thiophene rings is 1. The van der Waals surface area contributed by atoms with E-state index in [9.17, 15) is 0 Å². The van der Waals surface area contributed by atoms with Crippen molar-refractivity contribution in [1.82, 2.24) is 10.3 Å². The third-order valence-corrected chi connectivity index (χ3v) is 5.59. The highest BCUT2D eigenvalue weighted by atomic mass is 32.1. The van der Waals surface area contributed by atoms with Gasteiger partial charge in [0.2, 0.25) is 0 Å². The van der Waals surface area contributed by atoms with Crippen molar-refractivity contribution >= 4 is 22.7 Å². The summed E-state index contributed by atoms with van der Waals surface area (Å²) in [5.74, 6) is 0. The fourth-order valence-electron chi connectivity index (χ4n) is 2.14. The lowest BCUT2D eigenvalue weighted by atomic mass is 10.2. The van der Waals surface area contributed by atoms with Gasteiger partial charge in [0, 0.05) is 27.4 Å². The number of aromatic nitrogens is 1. The number of rotatable bonds is 5. The van der Waals surface area contributed by atoms with Gasteiger partial charge in [0.25, 0.3) is 0 Å². The largest absolute Gasteiger partial charge is 0.303 e. The summed E-state index contributed by atoms with van der Waals surface area (Å²) < 4.78 is 0. The van der Waals surface area contributed by atoms with Crippen LogP contribution in [-0.2, 0) is 6.54 Å². The van der Waals surface area contributed by atoms with Crippen molar-refractivity contribution in [1.29, 1.82) is 0 Å². The summed E-state index contributed by atoms with van der Waals surface area (Å²) in [6.07, 6.45) is 0. The molecule has 0 saturated heterocycles. The first kappa shape index (κ1) is 14.4. The van der Waals surface area contributed by atoms with Crippen molar-refractivity contribution in [2.24, 2.45) is 0 Å². The topological polar surface area (TPSA) is 24.9 Å². The number of nitrogens with one attached hydrogen (secondary N) is 1. The Bertz CT molecular complexity index is 700.